The van der Waals surface area contributed by atoms with E-state index in [0.717, 1.165) is 12.8 Å². The molecule has 0 heterocycles. The highest BCUT2D eigenvalue weighted by molar-refractivity contribution is 5.84. The summed E-state index contributed by atoms with van der Waals surface area (Å²) < 4.78 is 19.5. The lowest BCUT2D eigenvalue weighted by molar-refractivity contribution is -0.125. The first-order chi connectivity index (χ1) is 8.92. The van der Waals surface area contributed by atoms with Crippen LogP contribution in [-0.2, 0) is 4.79 Å². The topological polar surface area (TPSA) is 78.3 Å². The van der Waals surface area contributed by atoms with Crippen molar-refractivity contribution in [2.24, 2.45) is 11.5 Å². The SMILES string of the molecule is Cc1cccc(OC2CCCC(N)(C(N)=O)C2)c1F. The lowest BCUT2D eigenvalue weighted by Crippen LogP contribution is -2.56. The summed E-state index contributed by atoms with van der Waals surface area (Å²) >= 11 is 0. The number of primary amides is 1. The molecule has 1 amide bonds. The maximum absolute atomic E-state index is 13.9. The van der Waals surface area contributed by atoms with Gasteiger partial charge in [-0.25, -0.2) is 4.39 Å². The molecule has 104 valence electrons. The normalized spacial score (nSPS) is 27.0. The highest BCUT2D eigenvalue weighted by Gasteiger charge is 2.38. The van der Waals surface area contributed by atoms with Crippen LogP contribution in [0.1, 0.15) is 31.2 Å². The third-order valence-corrected chi connectivity index (χ3v) is 3.68. The zero-order chi connectivity index (χ0) is 14.0. The second-order valence-corrected chi connectivity index (χ2v) is 5.24. The molecule has 0 bridgehead atoms. The molecule has 0 aliphatic heterocycles. The van der Waals surface area contributed by atoms with Gasteiger partial charge >= 0.3 is 0 Å². The molecule has 0 radical (unpaired) electrons. The lowest BCUT2D eigenvalue weighted by Gasteiger charge is -2.35. The Balaban J connectivity index is 2.11. The Bertz CT molecular complexity index is 492. The van der Waals surface area contributed by atoms with E-state index in [9.17, 15) is 9.18 Å². The number of hydrogen-bond acceptors (Lipinski definition) is 3. The highest BCUT2D eigenvalue weighted by Crippen LogP contribution is 2.30. The van der Waals surface area contributed by atoms with Gasteiger partial charge in [0.1, 0.15) is 6.10 Å². The first-order valence-electron chi connectivity index (χ1n) is 6.43. The Morgan fingerprint density at radius 3 is 2.95 bits per heavy atom. The van der Waals surface area contributed by atoms with Crippen LogP contribution >= 0.6 is 0 Å². The second kappa shape index (κ2) is 5.17. The number of aryl methyl sites for hydroxylation is 1. The minimum absolute atomic E-state index is 0.207. The Labute approximate surface area is 111 Å². The van der Waals surface area contributed by atoms with Crippen molar-refractivity contribution in [2.45, 2.75) is 44.2 Å². The van der Waals surface area contributed by atoms with Crippen LogP contribution in [0.5, 0.6) is 5.75 Å². The summed E-state index contributed by atoms with van der Waals surface area (Å²) in [5.74, 6) is -0.681. The van der Waals surface area contributed by atoms with E-state index in [2.05, 4.69) is 0 Å². The minimum atomic E-state index is -1.04. The van der Waals surface area contributed by atoms with Crippen molar-refractivity contribution in [1.29, 1.82) is 0 Å². The van der Waals surface area contributed by atoms with Gasteiger partial charge in [0.05, 0.1) is 5.54 Å². The van der Waals surface area contributed by atoms with Gasteiger partial charge in [0, 0.05) is 6.42 Å². The number of hydrogen-bond donors (Lipinski definition) is 2. The van der Waals surface area contributed by atoms with Crippen LogP contribution in [0.2, 0.25) is 0 Å². The van der Waals surface area contributed by atoms with Crippen molar-refractivity contribution in [1.82, 2.24) is 0 Å². The maximum Gasteiger partial charge on any atom is 0.237 e. The predicted molar refractivity (Wildman–Crippen MR) is 70.1 cm³/mol. The lowest BCUT2D eigenvalue weighted by atomic mass is 9.80. The molecule has 1 aliphatic rings. The number of ether oxygens (including phenoxy) is 1. The fourth-order valence-electron chi connectivity index (χ4n) is 2.47. The van der Waals surface area contributed by atoms with E-state index in [1.54, 1.807) is 25.1 Å². The third kappa shape index (κ3) is 2.87. The molecule has 4 N–H and O–H groups in total. The summed E-state index contributed by atoms with van der Waals surface area (Å²) in [6.45, 7) is 1.68. The molecule has 1 aromatic carbocycles. The summed E-state index contributed by atoms with van der Waals surface area (Å²) in [6.07, 6.45) is 2.10. The van der Waals surface area contributed by atoms with Crippen LogP contribution < -0.4 is 16.2 Å². The van der Waals surface area contributed by atoms with Crippen LogP contribution in [0, 0.1) is 12.7 Å². The zero-order valence-corrected chi connectivity index (χ0v) is 11.0. The van der Waals surface area contributed by atoms with E-state index in [0.29, 0.717) is 18.4 Å². The van der Waals surface area contributed by atoms with Gasteiger partial charge in [0.2, 0.25) is 5.91 Å². The Morgan fingerprint density at radius 1 is 1.53 bits per heavy atom. The number of carbonyl (C=O) groups is 1. The molecule has 1 aromatic rings. The number of halogens is 1. The van der Waals surface area contributed by atoms with Crippen LogP contribution in [0.4, 0.5) is 4.39 Å². The average Bonchev–Trinajstić information content (AvgIpc) is 2.35. The predicted octanol–water partition coefficient (Wildman–Crippen LogP) is 1.64. The standard InChI is InChI=1S/C14H19FN2O2/c1-9-4-2-6-11(12(9)15)19-10-5-3-7-14(17,8-10)13(16)18/h2,4,6,10H,3,5,7-8,17H2,1H3,(H2,16,18). The van der Waals surface area contributed by atoms with E-state index >= 15 is 0 Å². The quantitative estimate of drug-likeness (QED) is 0.873. The van der Waals surface area contributed by atoms with Crippen molar-refractivity contribution < 1.29 is 13.9 Å². The van der Waals surface area contributed by atoms with Gasteiger partial charge in [0.25, 0.3) is 0 Å². The monoisotopic (exact) mass is 266 g/mol. The number of rotatable bonds is 3. The molecule has 0 saturated heterocycles. The Morgan fingerprint density at radius 2 is 2.26 bits per heavy atom. The van der Waals surface area contributed by atoms with Crippen molar-refractivity contribution in [3.63, 3.8) is 0 Å². The van der Waals surface area contributed by atoms with Crippen LogP contribution in [0.25, 0.3) is 0 Å². The molecule has 1 aliphatic carbocycles. The van der Waals surface area contributed by atoms with Crippen molar-refractivity contribution in [2.75, 3.05) is 0 Å². The van der Waals surface area contributed by atoms with E-state index < -0.39 is 11.4 Å². The summed E-state index contributed by atoms with van der Waals surface area (Å²) in [5.41, 5.74) is 10.8. The van der Waals surface area contributed by atoms with Gasteiger partial charge < -0.3 is 16.2 Å². The minimum Gasteiger partial charge on any atom is -0.487 e. The Hall–Kier alpha value is -1.62. The molecule has 2 atom stereocenters. The summed E-state index contributed by atoms with van der Waals surface area (Å²) in [6, 6.07) is 5.00. The largest absolute Gasteiger partial charge is 0.487 e. The molecule has 4 nitrogen and oxygen atoms in total. The highest BCUT2D eigenvalue weighted by atomic mass is 19.1. The molecular formula is C14H19FN2O2. The van der Waals surface area contributed by atoms with Crippen LogP contribution in [0.3, 0.4) is 0 Å². The number of carbonyl (C=O) groups excluding carboxylic acids is 1. The van der Waals surface area contributed by atoms with Gasteiger partial charge in [-0.15, -0.1) is 0 Å². The van der Waals surface area contributed by atoms with Crippen LogP contribution in [-0.4, -0.2) is 17.6 Å². The molecule has 2 rings (SSSR count). The van der Waals surface area contributed by atoms with E-state index in [1.165, 1.54) is 0 Å². The fourth-order valence-corrected chi connectivity index (χ4v) is 2.47. The second-order valence-electron chi connectivity index (χ2n) is 5.24. The molecule has 5 heteroatoms. The third-order valence-electron chi connectivity index (χ3n) is 3.68. The van der Waals surface area contributed by atoms with Crippen molar-refractivity contribution in [3.8, 4) is 5.75 Å². The Kier molecular flexibility index (Phi) is 3.75. The first-order valence-corrected chi connectivity index (χ1v) is 6.43. The molecule has 0 aromatic heterocycles. The van der Waals surface area contributed by atoms with Gasteiger partial charge in [-0.2, -0.15) is 0 Å². The molecule has 1 saturated carbocycles. The van der Waals surface area contributed by atoms with Crippen LogP contribution in [0.15, 0.2) is 18.2 Å². The van der Waals surface area contributed by atoms with Gasteiger partial charge in [-0.1, -0.05) is 12.1 Å². The maximum atomic E-state index is 13.9. The molecular weight excluding hydrogens is 247 g/mol. The number of amides is 1. The molecule has 2 unspecified atom stereocenters. The average molecular weight is 266 g/mol. The van der Waals surface area contributed by atoms with E-state index in [1.807, 2.05) is 0 Å². The summed E-state index contributed by atoms with van der Waals surface area (Å²) in [4.78, 5) is 11.4. The first kappa shape index (κ1) is 13.8. The number of benzene rings is 1. The summed E-state index contributed by atoms with van der Waals surface area (Å²) in [5, 5.41) is 0. The van der Waals surface area contributed by atoms with E-state index in [4.69, 9.17) is 16.2 Å². The number of nitrogens with two attached hydrogens (primary N) is 2. The van der Waals surface area contributed by atoms with Crippen molar-refractivity contribution in [3.05, 3.63) is 29.6 Å². The van der Waals surface area contributed by atoms with Gasteiger partial charge in [-0.3, -0.25) is 4.79 Å². The van der Waals surface area contributed by atoms with Crippen molar-refractivity contribution >= 4 is 5.91 Å². The molecule has 0 spiro atoms. The van der Waals surface area contributed by atoms with E-state index in [-0.39, 0.29) is 17.7 Å². The zero-order valence-electron chi connectivity index (χ0n) is 11.0. The van der Waals surface area contributed by atoms with Gasteiger partial charge in [0.15, 0.2) is 11.6 Å². The summed E-state index contributed by atoms with van der Waals surface area (Å²) in [7, 11) is 0. The van der Waals surface area contributed by atoms with Gasteiger partial charge in [-0.05, 0) is 37.8 Å². The molecule has 19 heavy (non-hydrogen) atoms. The molecule has 1 fully saturated rings. The smallest absolute Gasteiger partial charge is 0.237 e. The fraction of sp³-hybridized carbons (Fsp3) is 0.500.